The van der Waals surface area contributed by atoms with Crippen molar-refractivity contribution >= 4 is 0 Å². The fourth-order valence-corrected chi connectivity index (χ4v) is 3.23. The third-order valence-corrected chi connectivity index (χ3v) is 5.06. The van der Waals surface area contributed by atoms with Crippen molar-refractivity contribution in [1.29, 1.82) is 0 Å². The van der Waals surface area contributed by atoms with Crippen molar-refractivity contribution in [2.45, 2.75) is 143 Å². The Labute approximate surface area is 195 Å². The second-order valence-corrected chi connectivity index (χ2v) is 9.02. The molecule has 0 amide bonds. The van der Waals surface area contributed by atoms with Crippen LogP contribution in [-0.4, -0.2) is 0 Å². The minimum absolute atomic E-state index is 0. The molecule has 0 fully saturated rings. The topological polar surface area (TPSA) is 0 Å². The molecule has 0 aliphatic rings. The summed E-state index contributed by atoms with van der Waals surface area (Å²) in [5.74, 6) is 1.79. The molecule has 0 N–H and O–H groups in total. The summed E-state index contributed by atoms with van der Waals surface area (Å²) < 4.78 is 0. The van der Waals surface area contributed by atoms with Gasteiger partial charge >= 0.3 is 27.3 Å². The number of hydrogen-bond acceptors (Lipinski definition) is 0. The van der Waals surface area contributed by atoms with Crippen LogP contribution in [0, 0.1) is 25.7 Å². The van der Waals surface area contributed by atoms with Crippen LogP contribution in [0.4, 0.5) is 0 Å². The Balaban J connectivity index is -0.000000411. The predicted octanol–water partition coefficient (Wildman–Crippen LogP) is 9.97. The Morgan fingerprint density at radius 2 is 0.630 bits per heavy atom. The molecule has 0 radical (unpaired) electrons. The van der Waals surface area contributed by atoms with Gasteiger partial charge in [0, 0.05) is 0 Å². The van der Waals surface area contributed by atoms with Crippen molar-refractivity contribution in [2.75, 3.05) is 0 Å². The fourth-order valence-electron chi connectivity index (χ4n) is 3.23. The van der Waals surface area contributed by atoms with Gasteiger partial charge in [0.2, 0.25) is 0 Å². The van der Waals surface area contributed by atoms with E-state index >= 15 is 0 Å². The number of unbranched alkanes of at least 4 members (excludes halogenated alkanes) is 14. The number of rotatable bonds is 18. The van der Waals surface area contributed by atoms with Gasteiger partial charge in [-0.25, -0.2) is 0 Å². The van der Waals surface area contributed by atoms with Gasteiger partial charge in [0.1, 0.15) is 0 Å². The molecule has 0 aromatic carbocycles. The van der Waals surface area contributed by atoms with E-state index in [0.717, 1.165) is 24.7 Å². The molecule has 0 aromatic heterocycles. The van der Waals surface area contributed by atoms with Crippen LogP contribution in [0.15, 0.2) is 0 Å². The molecule has 0 aliphatic carbocycles. The molecule has 0 atom stereocenters. The second-order valence-electron chi connectivity index (χ2n) is 9.02. The maximum Gasteiger partial charge on any atom is 2.00 e. The Kier molecular flexibility index (Phi) is 35.1. The molecule has 0 rings (SSSR count). The first-order valence-electron chi connectivity index (χ1n) is 12.1. The van der Waals surface area contributed by atoms with Crippen LogP contribution in [0.1, 0.15) is 143 Å². The molecule has 0 spiro atoms. The van der Waals surface area contributed by atoms with Gasteiger partial charge in [0.25, 0.3) is 0 Å². The van der Waals surface area contributed by atoms with E-state index in [9.17, 15) is 0 Å². The minimum Gasteiger partial charge on any atom is -0.343 e. The molecule has 0 unspecified atom stereocenters. The maximum absolute atomic E-state index is 3.85. The molecule has 0 aromatic rings. The zero-order valence-corrected chi connectivity index (χ0v) is 24.0. The molecule has 0 heterocycles. The summed E-state index contributed by atoms with van der Waals surface area (Å²) in [6.07, 6.45) is 24.9. The first-order chi connectivity index (χ1) is 12.5. The predicted molar refractivity (Wildman–Crippen MR) is 123 cm³/mol. The zero-order chi connectivity index (χ0) is 19.9. The van der Waals surface area contributed by atoms with Gasteiger partial charge in [0.15, 0.2) is 0 Å². The molecule has 27 heavy (non-hydrogen) atoms. The summed E-state index contributed by atoms with van der Waals surface area (Å²) in [7, 11) is 0. The van der Waals surface area contributed by atoms with Gasteiger partial charge < -0.3 is 13.8 Å². The Morgan fingerprint density at radius 3 is 0.852 bits per heavy atom. The van der Waals surface area contributed by atoms with E-state index in [-0.39, 0.29) is 27.3 Å². The summed E-state index contributed by atoms with van der Waals surface area (Å²) in [6, 6.07) is 0. The van der Waals surface area contributed by atoms with E-state index < -0.39 is 0 Å². The van der Waals surface area contributed by atoms with Gasteiger partial charge in [-0.2, -0.15) is 12.8 Å². The average Bonchev–Trinajstić information content (AvgIpc) is 2.60. The van der Waals surface area contributed by atoms with Gasteiger partial charge in [-0.05, 0) is 11.8 Å². The van der Waals surface area contributed by atoms with Crippen LogP contribution >= 0.6 is 0 Å². The normalized spacial score (nSPS) is 10.7. The summed E-state index contributed by atoms with van der Waals surface area (Å²) in [6.45, 7) is 17.0. The van der Waals surface area contributed by atoms with Crippen molar-refractivity contribution in [3.05, 3.63) is 13.8 Å². The average molecular weight is 479 g/mol. The molecule has 0 saturated heterocycles. The number of hydrogen-bond donors (Lipinski definition) is 0. The molecule has 0 saturated carbocycles. The molecule has 0 nitrogen and oxygen atoms in total. The third kappa shape index (κ3) is 38.2. The first-order valence-corrected chi connectivity index (χ1v) is 12.1. The van der Waals surface area contributed by atoms with Crippen LogP contribution in [0.5, 0.6) is 0 Å². The fraction of sp³-hybridized carbons (Fsp3) is 0.923. The zero-order valence-electron chi connectivity index (χ0n) is 20.0. The summed E-state index contributed by atoms with van der Waals surface area (Å²) >= 11 is 0. The Hall–Kier alpha value is 0.922. The van der Waals surface area contributed by atoms with E-state index in [2.05, 4.69) is 41.5 Å². The summed E-state index contributed by atoms with van der Waals surface area (Å²) in [5, 5.41) is 0. The van der Waals surface area contributed by atoms with E-state index in [4.69, 9.17) is 0 Å². The molecular weight excluding hydrogens is 425 g/mol. The second kappa shape index (κ2) is 29.1. The standard InChI is InChI=1S/2C13H27.Cd/c2*1-4-5-6-7-8-9-10-11-12-13(2)3;/h2*13H,1,4-12H2,2-3H3;/q2*-1;+2. The molecule has 0 bridgehead atoms. The van der Waals surface area contributed by atoms with Crippen LogP contribution in [0.25, 0.3) is 0 Å². The largest absolute Gasteiger partial charge is 2.00 e. The van der Waals surface area contributed by atoms with Crippen LogP contribution in [0.3, 0.4) is 0 Å². The smallest absolute Gasteiger partial charge is 0.343 e. The molecule has 0 aliphatic heterocycles. The first kappa shape index (κ1) is 32.6. The molecular formula is C26H54Cd. The van der Waals surface area contributed by atoms with Crippen LogP contribution in [0.2, 0.25) is 0 Å². The van der Waals surface area contributed by atoms with Crippen molar-refractivity contribution in [3.63, 3.8) is 0 Å². The maximum atomic E-state index is 3.85. The van der Waals surface area contributed by atoms with Gasteiger partial charge in [-0.1, -0.05) is 130 Å². The monoisotopic (exact) mass is 480 g/mol. The molecule has 1 heteroatoms. The van der Waals surface area contributed by atoms with E-state index in [0.29, 0.717) is 0 Å². The van der Waals surface area contributed by atoms with Crippen molar-refractivity contribution in [2.24, 2.45) is 11.8 Å². The van der Waals surface area contributed by atoms with Crippen molar-refractivity contribution < 1.29 is 27.3 Å². The SMILES string of the molecule is [CH2-]CCCCCCCCCC(C)C.[CH2-]CCCCCCCCCC(C)C.[Cd+2]. The molecule has 160 valence electrons. The quantitative estimate of drug-likeness (QED) is 0.104. The van der Waals surface area contributed by atoms with Crippen LogP contribution in [-0.2, 0) is 27.3 Å². The Morgan fingerprint density at radius 1 is 0.407 bits per heavy atom. The van der Waals surface area contributed by atoms with Crippen LogP contribution < -0.4 is 0 Å². The third-order valence-electron chi connectivity index (χ3n) is 5.06. The summed E-state index contributed by atoms with van der Waals surface area (Å²) in [4.78, 5) is 0. The summed E-state index contributed by atoms with van der Waals surface area (Å²) in [5.41, 5.74) is 0. The van der Waals surface area contributed by atoms with Gasteiger partial charge in [-0.15, -0.1) is 0 Å². The van der Waals surface area contributed by atoms with E-state index in [1.54, 1.807) is 0 Å². The van der Waals surface area contributed by atoms with E-state index in [1.165, 1.54) is 103 Å². The van der Waals surface area contributed by atoms with E-state index in [1.807, 2.05) is 0 Å². The van der Waals surface area contributed by atoms with Gasteiger partial charge in [-0.3, -0.25) is 0 Å². The minimum atomic E-state index is 0. The van der Waals surface area contributed by atoms with Gasteiger partial charge in [0.05, 0.1) is 0 Å². The van der Waals surface area contributed by atoms with Crippen molar-refractivity contribution in [3.8, 4) is 0 Å². The Bertz CT molecular complexity index is 198. The van der Waals surface area contributed by atoms with Crippen molar-refractivity contribution in [1.82, 2.24) is 0 Å².